The van der Waals surface area contributed by atoms with Crippen molar-refractivity contribution < 1.29 is 4.74 Å². The Labute approximate surface area is 234 Å². The van der Waals surface area contributed by atoms with E-state index in [-0.39, 0.29) is 5.41 Å². The molecule has 210 valence electrons. The number of benzene rings is 1. The first-order valence-electron chi connectivity index (χ1n) is 13.1. The Morgan fingerprint density at radius 3 is 2.60 bits per heavy atom. The van der Waals surface area contributed by atoms with E-state index >= 15 is 0 Å². The third-order valence-corrected chi connectivity index (χ3v) is 7.05. The summed E-state index contributed by atoms with van der Waals surface area (Å²) in [5, 5.41) is 7.56. The number of nitrogen functional groups attached to an aromatic ring is 1. The summed E-state index contributed by atoms with van der Waals surface area (Å²) in [6, 6.07) is 7.86. The third-order valence-electron chi connectivity index (χ3n) is 7.05. The molecule has 3 aromatic heterocycles. The van der Waals surface area contributed by atoms with Gasteiger partial charge in [0.1, 0.15) is 12.1 Å². The molecule has 12 nitrogen and oxygen atoms in total. The summed E-state index contributed by atoms with van der Waals surface area (Å²) < 4.78 is 7.47. The topological polar surface area (TPSA) is 126 Å². The molecule has 0 atom stereocenters. The molecule has 3 N–H and O–H groups in total. The Morgan fingerprint density at radius 2 is 1.90 bits per heavy atom. The molecule has 0 spiro atoms. The first-order chi connectivity index (χ1) is 19.1. The van der Waals surface area contributed by atoms with Crippen LogP contribution < -0.4 is 25.6 Å². The highest BCUT2D eigenvalue weighted by molar-refractivity contribution is 5.79. The van der Waals surface area contributed by atoms with Gasteiger partial charge in [0.25, 0.3) is 0 Å². The van der Waals surface area contributed by atoms with E-state index in [1.807, 2.05) is 58.8 Å². The number of nitrogens with two attached hydrogens (primary N) is 1. The standard InChI is InChI=1S/C28H37N11O/c1-28(2)16-39(22-9-8-20(33-25(22)28)18-14-32-38(6)15-18)27-31-17-30-26(35-27)34-21-12-19(29)23(13-24(21)40-7)37(5)11-10-36(3)4/h8-9,12-15,17H,10-11,16,29H2,1-7H3,(H,30,31,34,35). The fraction of sp³-hybridized carbons (Fsp3) is 0.393. The first-order valence-corrected chi connectivity index (χ1v) is 13.1. The lowest BCUT2D eigenvalue weighted by atomic mass is 9.91. The second-order valence-electron chi connectivity index (χ2n) is 11.0. The molecule has 0 saturated carbocycles. The number of methoxy groups -OCH3 is 1. The highest BCUT2D eigenvalue weighted by atomic mass is 16.5. The molecule has 4 heterocycles. The van der Waals surface area contributed by atoms with Gasteiger partial charge in [0, 0.05) is 57.0 Å². The van der Waals surface area contributed by atoms with Gasteiger partial charge in [-0.05, 0) is 32.3 Å². The SMILES string of the molecule is COc1cc(N(C)CCN(C)C)c(N)cc1Nc1ncnc(N2CC(C)(C)c3nc(-c4cnn(C)c4)ccc32)n1. The molecule has 5 rings (SSSR count). The molecule has 1 aliphatic rings. The van der Waals surface area contributed by atoms with Crippen LogP contribution in [0.15, 0.2) is 43.0 Å². The van der Waals surface area contributed by atoms with Crippen LogP contribution in [0, 0.1) is 0 Å². The van der Waals surface area contributed by atoms with Crippen molar-refractivity contribution in [1.82, 2.24) is 34.6 Å². The number of ether oxygens (including phenoxy) is 1. The van der Waals surface area contributed by atoms with Gasteiger partial charge in [0.2, 0.25) is 11.9 Å². The number of aromatic nitrogens is 6. The molecular weight excluding hydrogens is 506 g/mol. The van der Waals surface area contributed by atoms with E-state index in [1.165, 1.54) is 6.33 Å². The number of pyridine rings is 1. The number of fused-ring (bicyclic) bond motifs is 1. The van der Waals surface area contributed by atoms with Crippen LogP contribution in [0.2, 0.25) is 0 Å². The zero-order valence-electron chi connectivity index (χ0n) is 24.2. The number of anilines is 6. The number of rotatable bonds is 9. The quantitative estimate of drug-likeness (QED) is 0.302. The van der Waals surface area contributed by atoms with Gasteiger partial charge >= 0.3 is 0 Å². The third kappa shape index (κ3) is 5.34. The molecule has 0 radical (unpaired) electrons. The molecule has 40 heavy (non-hydrogen) atoms. The van der Waals surface area contributed by atoms with Crippen molar-refractivity contribution in [3.63, 3.8) is 0 Å². The van der Waals surface area contributed by atoms with Crippen molar-refractivity contribution in [2.75, 3.05) is 68.7 Å². The van der Waals surface area contributed by atoms with Crippen molar-refractivity contribution in [2.45, 2.75) is 19.3 Å². The lowest BCUT2D eigenvalue weighted by Gasteiger charge is -2.24. The van der Waals surface area contributed by atoms with Gasteiger partial charge in [-0.1, -0.05) is 13.8 Å². The molecule has 1 aliphatic heterocycles. The second kappa shape index (κ2) is 10.6. The van der Waals surface area contributed by atoms with Gasteiger partial charge in [-0.25, -0.2) is 15.0 Å². The lowest BCUT2D eigenvalue weighted by Crippen LogP contribution is -2.29. The summed E-state index contributed by atoms with van der Waals surface area (Å²) in [6.07, 6.45) is 5.30. The Morgan fingerprint density at radius 1 is 1.10 bits per heavy atom. The van der Waals surface area contributed by atoms with Crippen LogP contribution in [-0.4, -0.2) is 82.5 Å². The molecule has 0 aliphatic carbocycles. The van der Waals surface area contributed by atoms with Crippen molar-refractivity contribution in [3.8, 4) is 17.0 Å². The maximum Gasteiger partial charge on any atom is 0.234 e. The molecule has 12 heteroatoms. The maximum absolute atomic E-state index is 6.45. The molecule has 0 unspecified atom stereocenters. The minimum Gasteiger partial charge on any atom is -0.494 e. The van der Waals surface area contributed by atoms with E-state index in [2.05, 4.69) is 55.0 Å². The highest BCUT2D eigenvalue weighted by Crippen LogP contribution is 2.43. The normalized spacial score (nSPS) is 13.9. The van der Waals surface area contributed by atoms with Crippen LogP contribution in [0.25, 0.3) is 11.3 Å². The highest BCUT2D eigenvalue weighted by Gasteiger charge is 2.39. The van der Waals surface area contributed by atoms with Gasteiger partial charge in [-0.15, -0.1) is 0 Å². The van der Waals surface area contributed by atoms with Gasteiger partial charge in [0.15, 0.2) is 0 Å². The lowest BCUT2D eigenvalue weighted by molar-refractivity contribution is 0.413. The largest absolute Gasteiger partial charge is 0.494 e. The van der Waals surface area contributed by atoms with Crippen LogP contribution in [-0.2, 0) is 12.5 Å². The predicted octanol–water partition coefficient (Wildman–Crippen LogP) is 3.43. The van der Waals surface area contributed by atoms with Crippen LogP contribution in [0.5, 0.6) is 5.75 Å². The fourth-order valence-corrected chi connectivity index (χ4v) is 4.87. The molecule has 0 saturated heterocycles. The minimum absolute atomic E-state index is 0.208. The van der Waals surface area contributed by atoms with E-state index in [4.69, 9.17) is 20.4 Å². The number of nitrogens with one attached hydrogen (secondary N) is 1. The van der Waals surface area contributed by atoms with Gasteiger partial charge < -0.3 is 30.5 Å². The van der Waals surface area contributed by atoms with Crippen LogP contribution in [0.3, 0.4) is 0 Å². The summed E-state index contributed by atoms with van der Waals surface area (Å²) in [7, 11) is 9.65. The Kier molecular flexibility index (Phi) is 7.19. The van der Waals surface area contributed by atoms with E-state index in [0.29, 0.717) is 35.6 Å². The smallest absolute Gasteiger partial charge is 0.234 e. The van der Waals surface area contributed by atoms with Crippen LogP contribution >= 0.6 is 0 Å². The molecule has 0 fully saturated rings. The monoisotopic (exact) mass is 543 g/mol. The summed E-state index contributed by atoms with van der Waals surface area (Å²) in [5.41, 5.74) is 12.3. The van der Waals surface area contributed by atoms with Crippen LogP contribution in [0.4, 0.5) is 34.6 Å². The summed E-state index contributed by atoms with van der Waals surface area (Å²) in [6.45, 7) is 6.77. The molecule has 0 amide bonds. The summed E-state index contributed by atoms with van der Waals surface area (Å²) in [4.78, 5) is 25.0. The van der Waals surface area contributed by atoms with E-state index in [9.17, 15) is 0 Å². The molecule has 1 aromatic carbocycles. The van der Waals surface area contributed by atoms with E-state index < -0.39 is 0 Å². The zero-order valence-corrected chi connectivity index (χ0v) is 24.2. The van der Waals surface area contributed by atoms with Crippen molar-refractivity contribution in [2.24, 2.45) is 7.05 Å². The Hall–Kier alpha value is -4.45. The second-order valence-corrected chi connectivity index (χ2v) is 11.0. The van der Waals surface area contributed by atoms with Crippen molar-refractivity contribution in [1.29, 1.82) is 0 Å². The average Bonchev–Trinajstić information content (AvgIpc) is 3.47. The van der Waals surface area contributed by atoms with Gasteiger partial charge in [-0.2, -0.15) is 10.1 Å². The number of nitrogens with zero attached hydrogens (tertiary/aromatic N) is 9. The van der Waals surface area contributed by atoms with E-state index in [1.54, 1.807) is 11.8 Å². The average molecular weight is 544 g/mol. The Bertz CT molecular complexity index is 1510. The predicted molar refractivity (Wildman–Crippen MR) is 159 cm³/mol. The summed E-state index contributed by atoms with van der Waals surface area (Å²) >= 11 is 0. The summed E-state index contributed by atoms with van der Waals surface area (Å²) in [5.74, 6) is 1.57. The Balaban J connectivity index is 1.41. The van der Waals surface area contributed by atoms with E-state index in [0.717, 1.165) is 41.4 Å². The number of likely N-dealkylation sites (N-methyl/N-ethyl adjacent to an activating group) is 2. The van der Waals surface area contributed by atoms with Crippen LogP contribution in [0.1, 0.15) is 19.5 Å². The van der Waals surface area contributed by atoms with Crippen molar-refractivity contribution in [3.05, 3.63) is 48.7 Å². The number of hydrogen-bond acceptors (Lipinski definition) is 11. The molecule has 0 bridgehead atoms. The maximum atomic E-state index is 6.45. The zero-order chi connectivity index (χ0) is 28.6. The van der Waals surface area contributed by atoms with Gasteiger partial charge in [-0.3, -0.25) is 4.68 Å². The first kappa shape index (κ1) is 27.1. The minimum atomic E-state index is -0.208. The van der Waals surface area contributed by atoms with Gasteiger partial charge in [0.05, 0.1) is 47.4 Å². The number of aryl methyl sites for hydroxylation is 1. The fourth-order valence-electron chi connectivity index (χ4n) is 4.87. The molecular formula is C28H37N11O. The van der Waals surface area contributed by atoms with Crippen molar-refractivity contribution >= 4 is 34.6 Å². The molecule has 4 aromatic rings. The number of hydrogen-bond donors (Lipinski definition) is 2.